The summed E-state index contributed by atoms with van der Waals surface area (Å²) in [6, 6.07) is 9.60. The quantitative estimate of drug-likeness (QED) is 0.805. The summed E-state index contributed by atoms with van der Waals surface area (Å²) in [7, 11) is 0. The van der Waals surface area contributed by atoms with Crippen molar-refractivity contribution in [3.63, 3.8) is 0 Å². The van der Waals surface area contributed by atoms with Crippen molar-refractivity contribution >= 4 is 22.5 Å². The van der Waals surface area contributed by atoms with E-state index in [4.69, 9.17) is 17.3 Å². The fraction of sp³-hybridized carbons (Fsp3) is 0.200. The highest BCUT2D eigenvalue weighted by Gasteiger charge is 2.20. The second-order valence-electron chi connectivity index (χ2n) is 4.59. The molecule has 0 saturated heterocycles. The van der Waals surface area contributed by atoms with Gasteiger partial charge in [0.05, 0.1) is 28.5 Å². The van der Waals surface area contributed by atoms with Gasteiger partial charge in [-0.05, 0) is 13.0 Å². The third-order valence-corrected chi connectivity index (χ3v) is 3.72. The Kier molecular flexibility index (Phi) is 3.42. The molecule has 0 aliphatic rings. The number of halogens is 1. The lowest BCUT2D eigenvalue weighted by Crippen LogP contribution is -2.18. The van der Waals surface area contributed by atoms with Gasteiger partial charge in [-0.2, -0.15) is 5.10 Å². The summed E-state index contributed by atoms with van der Waals surface area (Å²) < 4.78 is 1.83. The van der Waals surface area contributed by atoms with Crippen LogP contribution < -0.4 is 5.73 Å². The van der Waals surface area contributed by atoms with E-state index < -0.39 is 0 Å². The molecule has 1 unspecified atom stereocenters. The van der Waals surface area contributed by atoms with Crippen LogP contribution in [0.25, 0.3) is 10.9 Å². The third kappa shape index (κ3) is 2.07. The largest absolute Gasteiger partial charge is 0.319 e. The second kappa shape index (κ2) is 5.23. The van der Waals surface area contributed by atoms with Gasteiger partial charge in [-0.25, -0.2) is 0 Å². The number of pyridine rings is 1. The molecule has 2 N–H and O–H groups in total. The molecule has 0 aliphatic heterocycles. The summed E-state index contributed by atoms with van der Waals surface area (Å²) in [6.45, 7) is 2.74. The Morgan fingerprint density at radius 2 is 2.10 bits per heavy atom. The standard InChI is InChI=1S/C15H15ClN4/c1-2-20-15(12(16)9-19-20)13(17)11-7-3-5-10-6-4-8-18-14(10)11/h3-9,13H,2,17H2,1H3. The number of benzene rings is 1. The number of aryl methyl sites for hydroxylation is 1. The zero-order chi connectivity index (χ0) is 14.1. The number of fused-ring (bicyclic) bond motifs is 1. The first-order valence-electron chi connectivity index (χ1n) is 6.52. The molecule has 2 aromatic heterocycles. The fourth-order valence-electron chi connectivity index (χ4n) is 2.46. The van der Waals surface area contributed by atoms with E-state index in [1.807, 2.05) is 41.9 Å². The summed E-state index contributed by atoms with van der Waals surface area (Å²) in [5.74, 6) is 0. The molecule has 0 amide bonds. The van der Waals surface area contributed by atoms with Crippen molar-refractivity contribution in [2.45, 2.75) is 19.5 Å². The highest BCUT2D eigenvalue weighted by Crippen LogP contribution is 2.29. The van der Waals surface area contributed by atoms with Gasteiger partial charge in [-0.1, -0.05) is 35.9 Å². The van der Waals surface area contributed by atoms with Crippen LogP contribution >= 0.6 is 11.6 Å². The zero-order valence-electron chi connectivity index (χ0n) is 11.1. The summed E-state index contributed by atoms with van der Waals surface area (Å²) >= 11 is 6.24. The van der Waals surface area contributed by atoms with Crippen LogP contribution in [0.2, 0.25) is 5.02 Å². The van der Waals surface area contributed by atoms with E-state index in [2.05, 4.69) is 10.1 Å². The van der Waals surface area contributed by atoms with Crippen LogP contribution in [0.5, 0.6) is 0 Å². The third-order valence-electron chi connectivity index (χ3n) is 3.43. The van der Waals surface area contributed by atoms with Gasteiger partial charge in [0.25, 0.3) is 0 Å². The van der Waals surface area contributed by atoms with E-state index in [1.165, 1.54) is 0 Å². The van der Waals surface area contributed by atoms with Gasteiger partial charge >= 0.3 is 0 Å². The Morgan fingerprint density at radius 1 is 1.30 bits per heavy atom. The molecule has 4 nitrogen and oxygen atoms in total. The van der Waals surface area contributed by atoms with E-state index in [0.717, 1.165) is 28.7 Å². The number of hydrogen-bond donors (Lipinski definition) is 1. The summed E-state index contributed by atoms with van der Waals surface area (Å²) in [6.07, 6.45) is 3.41. The van der Waals surface area contributed by atoms with Crippen molar-refractivity contribution < 1.29 is 0 Å². The summed E-state index contributed by atoms with van der Waals surface area (Å²) in [5.41, 5.74) is 9.11. The number of para-hydroxylation sites is 1. The van der Waals surface area contributed by atoms with Gasteiger partial charge < -0.3 is 5.73 Å². The molecular weight excluding hydrogens is 272 g/mol. The predicted octanol–water partition coefficient (Wildman–Crippen LogP) is 3.15. The van der Waals surface area contributed by atoms with E-state index in [-0.39, 0.29) is 6.04 Å². The molecule has 2 heterocycles. The Bertz CT molecular complexity index is 745. The Labute approximate surface area is 122 Å². The summed E-state index contributed by atoms with van der Waals surface area (Å²) in [4.78, 5) is 4.44. The minimum atomic E-state index is -0.344. The van der Waals surface area contributed by atoms with E-state index in [1.54, 1.807) is 12.4 Å². The van der Waals surface area contributed by atoms with E-state index >= 15 is 0 Å². The normalized spacial score (nSPS) is 12.8. The summed E-state index contributed by atoms with van der Waals surface area (Å²) in [5, 5.41) is 5.90. The first-order chi connectivity index (χ1) is 9.72. The number of nitrogens with two attached hydrogens (primary N) is 1. The van der Waals surface area contributed by atoms with Crippen LogP contribution in [0, 0.1) is 0 Å². The molecule has 20 heavy (non-hydrogen) atoms. The fourth-order valence-corrected chi connectivity index (χ4v) is 2.72. The first kappa shape index (κ1) is 13.1. The highest BCUT2D eigenvalue weighted by molar-refractivity contribution is 6.31. The first-order valence-corrected chi connectivity index (χ1v) is 6.90. The predicted molar refractivity (Wildman–Crippen MR) is 80.7 cm³/mol. The lowest BCUT2D eigenvalue weighted by Gasteiger charge is -2.16. The Morgan fingerprint density at radius 3 is 2.90 bits per heavy atom. The van der Waals surface area contributed by atoms with E-state index in [0.29, 0.717) is 5.02 Å². The van der Waals surface area contributed by atoms with Crippen LogP contribution in [0.3, 0.4) is 0 Å². The second-order valence-corrected chi connectivity index (χ2v) is 5.00. The molecule has 0 radical (unpaired) electrons. The van der Waals surface area contributed by atoms with Crippen molar-refractivity contribution in [1.29, 1.82) is 0 Å². The van der Waals surface area contributed by atoms with Crippen LogP contribution in [-0.2, 0) is 6.54 Å². The monoisotopic (exact) mass is 286 g/mol. The van der Waals surface area contributed by atoms with Crippen molar-refractivity contribution in [2.75, 3.05) is 0 Å². The van der Waals surface area contributed by atoms with Gasteiger partial charge in [0.2, 0.25) is 0 Å². The number of rotatable bonds is 3. The number of nitrogens with zero attached hydrogens (tertiary/aromatic N) is 3. The maximum absolute atomic E-state index is 6.42. The van der Waals surface area contributed by atoms with Gasteiger partial charge in [-0.15, -0.1) is 0 Å². The molecule has 3 rings (SSSR count). The van der Waals surface area contributed by atoms with Crippen LogP contribution in [0.1, 0.15) is 24.2 Å². The van der Waals surface area contributed by atoms with Crippen LogP contribution in [0.4, 0.5) is 0 Å². The van der Waals surface area contributed by atoms with Crippen molar-refractivity contribution in [3.8, 4) is 0 Å². The maximum atomic E-state index is 6.42. The molecule has 3 aromatic rings. The average Bonchev–Trinajstić information content (AvgIpc) is 2.87. The number of hydrogen-bond acceptors (Lipinski definition) is 3. The highest BCUT2D eigenvalue weighted by atomic mass is 35.5. The van der Waals surface area contributed by atoms with Gasteiger partial charge in [-0.3, -0.25) is 9.67 Å². The molecule has 0 aliphatic carbocycles. The molecule has 5 heteroatoms. The number of aromatic nitrogens is 3. The maximum Gasteiger partial charge on any atom is 0.0837 e. The van der Waals surface area contributed by atoms with Gasteiger partial charge in [0.1, 0.15) is 0 Å². The molecule has 102 valence electrons. The molecule has 0 spiro atoms. The lowest BCUT2D eigenvalue weighted by atomic mass is 10.0. The van der Waals surface area contributed by atoms with Crippen molar-refractivity contribution in [1.82, 2.24) is 14.8 Å². The minimum absolute atomic E-state index is 0.344. The van der Waals surface area contributed by atoms with Gasteiger partial charge in [0.15, 0.2) is 0 Å². The average molecular weight is 287 g/mol. The molecular formula is C15H15ClN4. The lowest BCUT2D eigenvalue weighted by molar-refractivity contribution is 0.602. The smallest absolute Gasteiger partial charge is 0.0837 e. The van der Waals surface area contributed by atoms with Crippen LogP contribution in [0.15, 0.2) is 42.7 Å². The van der Waals surface area contributed by atoms with Crippen LogP contribution in [-0.4, -0.2) is 14.8 Å². The Balaban J connectivity index is 2.17. The zero-order valence-corrected chi connectivity index (χ0v) is 11.9. The topological polar surface area (TPSA) is 56.7 Å². The van der Waals surface area contributed by atoms with Crippen molar-refractivity contribution in [3.05, 3.63) is 59.0 Å². The van der Waals surface area contributed by atoms with E-state index in [9.17, 15) is 0 Å². The SMILES string of the molecule is CCn1ncc(Cl)c1C(N)c1cccc2cccnc12. The Hall–Kier alpha value is -1.91. The molecule has 0 saturated carbocycles. The molecule has 1 atom stereocenters. The molecule has 1 aromatic carbocycles. The van der Waals surface area contributed by atoms with Crippen molar-refractivity contribution in [2.24, 2.45) is 5.73 Å². The minimum Gasteiger partial charge on any atom is -0.319 e. The molecule has 0 fully saturated rings. The molecule has 0 bridgehead atoms. The van der Waals surface area contributed by atoms with Gasteiger partial charge in [0, 0.05) is 23.7 Å².